The van der Waals surface area contributed by atoms with Gasteiger partial charge in [0.1, 0.15) is 0 Å². The van der Waals surface area contributed by atoms with Crippen LogP contribution < -0.4 is 5.32 Å². The standard InChI is InChI=1S/C17H36N2O/c1-6-11-18-16(17(3,4)5)10-12-19(7-2)14-15-9-8-13-20-15/h15-16,18H,6-14H2,1-5H3. The summed E-state index contributed by atoms with van der Waals surface area (Å²) in [6.07, 6.45) is 5.40. The van der Waals surface area contributed by atoms with Crippen molar-refractivity contribution in [2.75, 3.05) is 32.8 Å². The third-order valence-electron chi connectivity index (χ3n) is 4.35. The van der Waals surface area contributed by atoms with Crippen LogP contribution in [0.2, 0.25) is 0 Å². The van der Waals surface area contributed by atoms with Crippen LogP contribution in [0, 0.1) is 5.41 Å². The molecule has 0 amide bonds. The summed E-state index contributed by atoms with van der Waals surface area (Å²) in [5.74, 6) is 0. The molecule has 0 aromatic carbocycles. The molecule has 20 heavy (non-hydrogen) atoms. The Balaban J connectivity index is 2.38. The first-order valence-corrected chi connectivity index (χ1v) is 8.54. The summed E-state index contributed by atoms with van der Waals surface area (Å²) in [4.78, 5) is 2.56. The van der Waals surface area contributed by atoms with E-state index in [1.54, 1.807) is 0 Å². The third kappa shape index (κ3) is 6.55. The lowest BCUT2D eigenvalue weighted by atomic mass is 9.84. The van der Waals surface area contributed by atoms with E-state index in [4.69, 9.17) is 4.74 Å². The first-order valence-electron chi connectivity index (χ1n) is 8.54. The number of nitrogens with zero attached hydrogens (tertiary/aromatic N) is 1. The number of ether oxygens (including phenoxy) is 1. The molecule has 0 aliphatic carbocycles. The van der Waals surface area contributed by atoms with Crippen molar-refractivity contribution < 1.29 is 4.74 Å². The largest absolute Gasteiger partial charge is 0.377 e. The first-order chi connectivity index (χ1) is 9.47. The van der Waals surface area contributed by atoms with E-state index in [1.807, 2.05) is 0 Å². The normalized spacial score (nSPS) is 21.6. The zero-order valence-electron chi connectivity index (χ0n) is 14.4. The number of hydrogen-bond acceptors (Lipinski definition) is 3. The number of likely N-dealkylation sites (N-methyl/N-ethyl adjacent to an activating group) is 1. The van der Waals surface area contributed by atoms with Crippen LogP contribution in [0.25, 0.3) is 0 Å². The Kier molecular flexibility index (Phi) is 8.08. The molecule has 0 radical (unpaired) electrons. The van der Waals surface area contributed by atoms with E-state index in [1.165, 1.54) is 32.2 Å². The van der Waals surface area contributed by atoms with E-state index in [9.17, 15) is 0 Å². The molecule has 2 unspecified atom stereocenters. The average molecular weight is 284 g/mol. The number of hydrogen-bond donors (Lipinski definition) is 1. The second-order valence-corrected chi connectivity index (χ2v) is 7.19. The van der Waals surface area contributed by atoms with Crippen molar-refractivity contribution in [1.82, 2.24) is 10.2 Å². The molecule has 1 aliphatic rings. The van der Waals surface area contributed by atoms with Gasteiger partial charge in [0.05, 0.1) is 6.10 Å². The highest BCUT2D eigenvalue weighted by molar-refractivity contribution is 4.82. The van der Waals surface area contributed by atoms with Gasteiger partial charge < -0.3 is 15.0 Å². The topological polar surface area (TPSA) is 24.5 Å². The Morgan fingerprint density at radius 1 is 1.30 bits per heavy atom. The number of nitrogens with one attached hydrogen (secondary N) is 1. The van der Waals surface area contributed by atoms with Crippen molar-refractivity contribution >= 4 is 0 Å². The summed E-state index contributed by atoms with van der Waals surface area (Å²) in [7, 11) is 0. The zero-order chi connectivity index (χ0) is 15.0. The Hall–Kier alpha value is -0.120. The summed E-state index contributed by atoms with van der Waals surface area (Å²) in [5.41, 5.74) is 0.332. The van der Waals surface area contributed by atoms with Crippen molar-refractivity contribution in [3.8, 4) is 0 Å². The van der Waals surface area contributed by atoms with Gasteiger partial charge in [0, 0.05) is 19.2 Å². The van der Waals surface area contributed by atoms with Gasteiger partial charge in [0.15, 0.2) is 0 Å². The Bertz CT molecular complexity index is 244. The van der Waals surface area contributed by atoms with Gasteiger partial charge in [-0.05, 0) is 50.7 Å². The summed E-state index contributed by atoms with van der Waals surface area (Å²) < 4.78 is 5.77. The Labute approximate surface area is 126 Å². The van der Waals surface area contributed by atoms with E-state index in [-0.39, 0.29) is 0 Å². The Morgan fingerprint density at radius 3 is 2.55 bits per heavy atom. The molecule has 0 bridgehead atoms. The molecular formula is C17H36N2O. The van der Waals surface area contributed by atoms with Crippen LogP contribution in [-0.4, -0.2) is 49.8 Å². The van der Waals surface area contributed by atoms with E-state index in [0.717, 1.165) is 26.2 Å². The fraction of sp³-hybridized carbons (Fsp3) is 1.00. The molecule has 3 heteroatoms. The van der Waals surface area contributed by atoms with Crippen molar-refractivity contribution in [3.05, 3.63) is 0 Å². The number of rotatable bonds is 9. The highest BCUT2D eigenvalue weighted by Crippen LogP contribution is 2.22. The van der Waals surface area contributed by atoms with Crippen LogP contribution in [0.15, 0.2) is 0 Å². The summed E-state index contributed by atoms with van der Waals surface area (Å²) in [5, 5.41) is 3.72. The molecule has 0 aromatic rings. The van der Waals surface area contributed by atoms with Crippen LogP contribution in [0.4, 0.5) is 0 Å². The zero-order valence-corrected chi connectivity index (χ0v) is 14.4. The van der Waals surface area contributed by atoms with Crippen LogP contribution in [0.5, 0.6) is 0 Å². The maximum atomic E-state index is 5.77. The van der Waals surface area contributed by atoms with Crippen LogP contribution in [-0.2, 0) is 4.74 Å². The predicted octanol–water partition coefficient (Wildman–Crippen LogP) is 3.29. The van der Waals surface area contributed by atoms with E-state index in [2.05, 4.69) is 44.8 Å². The van der Waals surface area contributed by atoms with Gasteiger partial charge in [-0.15, -0.1) is 0 Å². The molecule has 1 saturated heterocycles. The van der Waals surface area contributed by atoms with Crippen molar-refractivity contribution in [2.24, 2.45) is 5.41 Å². The first kappa shape index (κ1) is 17.9. The molecule has 2 atom stereocenters. The highest BCUT2D eigenvalue weighted by atomic mass is 16.5. The summed E-state index contributed by atoms with van der Waals surface area (Å²) in [6.45, 7) is 17.0. The minimum Gasteiger partial charge on any atom is -0.377 e. The molecule has 1 rings (SSSR count). The van der Waals surface area contributed by atoms with Crippen molar-refractivity contribution in [1.29, 1.82) is 0 Å². The van der Waals surface area contributed by atoms with Crippen LogP contribution in [0.1, 0.15) is 60.3 Å². The lowest BCUT2D eigenvalue weighted by Gasteiger charge is -2.34. The molecule has 1 aliphatic heterocycles. The van der Waals surface area contributed by atoms with E-state index in [0.29, 0.717) is 17.6 Å². The maximum Gasteiger partial charge on any atom is 0.0702 e. The minimum atomic E-state index is 0.332. The molecule has 1 N–H and O–H groups in total. The molecule has 120 valence electrons. The van der Waals surface area contributed by atoms with Gasteiger partial charge in [-0.25, -0.2) is 0 Å². The van der Waals surface area contributed by atoms with Crippen molar-refractivity contribution in [3.63, 3.8) is 0 Å². The monoisotopic (exact) mass is 284 g/mol. The van der Waals surface area contributed by atoms with Gasteiger partial charge in [0.25, 0.3) is 0 Å². The quantitative estimate of drug-likeness (QED) is 0.703. The SMILES string of the molecule is CCCNC(CCN(CC)CC1CCCO1)C(C)(C)C. The van der Waals surface area contributed by atoms with Gasteiger partial charge in [-0.2, -0.15) is 0 Å². The predicted molar refractivity (Wildman–Crippen MR) is 87.2 cm³/mol. The van der Waals surface area contributed by atoms with Crippen LogP contribution in [0.3, 0.4) is 0 Å². The lowest BCUT2D eigenvalue weighted by molar-refractivity contribution is 0.0715. The third-order valence-corrected chi connectivity index (χ3v) is 4.35. The summed E-state index contributed by atoms with van der Waals surface area (Å²) >= 11 is 0. The molecule has 1 heterocycles. The van der Waals surface area contributed by atoms with Gasteiger partial charge in [0.2, 0.25) is 0 Å². The fourth-order valence-electron chi connectivity index (χ4n) is 2.93. The van der Waals surface area contributed by atoms with Crippen LogP contribution >= 0.6 is 0 Å². The average Bonchev–Trinajstić information content (AvgIpc) is 2.88. The maximum absolute atomic E-state index is 5.77. The van der Waals surface area contributed by atoms with Gasteiger partial charge >= 0.3 is 0 Å². The minimum absolute atomic E-state index is 0.332. The molecule has 0 saturated carbocycles. The van der Waals surface area contributed by atoms with Gasteiger partial charge in [-0.1, -0.05) is 34.6 Å². The molecular weight excluding hydrogens is 248 g/mol. The smallest absolute Gasteiger partial charge is 0.0702 e. The molecule has 1 fully saturated rings. The van der Waals surface area contributed by atoms with E-state index >= 15 is 0 Å². The molecule has 0 aromatic heterocycles. The lowest BCUT2D eigenvalue weighted by Crippen LogP contribution is -2.44. The van der Waals surface area contributed by atoms with Crippen molar-refractivity contribution in [2.45, 2.75) is 72.4 Å². The second kappa shape index (κ2) is 9.01. The van der Waals surface area contributed by atoms with E-state index < -0.39 is 0 Å². The molecule has 0 spiro atoms. The van der Waals surface area contributed by atoms with Gasteiger partial charge in [-0.3, -0.25) is 0 Å². The fourth-order valence-corrected chi connectivity index (χ4v) is 2.93. The molecule has 3 nitrogen and oxygen atoms in total. The summed E-state index contributed by atoms with van der Waals surface area (Å²) in [6, 6.07) is 0.598. The highest BCUT2D eigenvalue weighted by Gasteiger charge is 2.25. The Morgan fingerprint density at radius 2 is 2.05 bits per heavy atom. The second-order valence-electron chi connectivity index (χ2n) is 7.19.